The highest BCUT2D eigenvalue weighted by molar-refractivity contribution is 7.84. The molecule has 1 aromatic rings. The van der Waals surface area contributed by atoms with Crippen molar-refractivity contribution in [1.82, 2.24) is 0 Å². The van der Waals surface area contributed by atoms with E-state index in [2.05, 4.69) is 6.07 Å². The largest absolute Gasteiger partial charge is 0.255 e. The van der Waals surface area contributed by atoms with Crippen LogP contribution in [0.4, 0.5) is 0 Å². The molecule has 0 amide bonds. The third-order valence-corrected chi connectivity index (χ3v) is 2.72. The molecule has 0 N–H and O–H groups in total. The molecule has 0 aliphatic heterocycles. The van der Waals surface area contributed by atoms with Crippen LogP contribution in [0.25, 0.3) is 0 Å². The normalized spacial score (nSPS) is 11.5. The summed E-state index contributed by atoms with van der Waals surface area (Å²) in [5, 5.41) is 0. The summed E-state index contributed by atoms with van der Waals surface area (Å²) in [5.41, 5.74) is 2.34. The second kappa shape index (κ2) is 5.92. The lowest BCUT2D eigenvalue weighted by Crippen LogP contribution is -1.91. The molecule has 0 heterocycles. The highest BCUT2D eigenvalue weighted by Crippen LogP contribution is 2.12. The molecule has 0 radical (unpaired) electrons. The molecule has 2 heteroatoms. The van der Waals surface area contributed by atoms with Gasteiger partial charge in [-0.2, -0.15) is 0 Å². The molecule has 1 nitrogen and oxygen atoms in total. The Morgan fingerprint density at radius 2 is 1.69 bits per heavy atom. The maximum atomic E-state index is 11.1. The lowest BCUT2D eigenvalue weighted by atomic mass is 10.2. The van der Waals surface area contributed by atoms with E-state index >= 15 is 0 Å². The first kappa shape index (κ1) is 12.4. The van der Waals surface area contributed by atoms with Gasteiger partial charge in [-0.1, -0.05) is 31.5 Å². The Balaban J connectivity index is 0.000000671. The molecule has 13 heavy (non-hydrogen) atoms. The van der Waals surface area contributed by atoms with E-state index in [4.69, 9.17) is 0 Å². The Hall–Kier alpha value is -0.630. The number of rotatable bonds is 1. The minimum Gasteiger partial charge on any atom is -0.255 e. The van der Waals surface area contributed by atoms with E-state index in [1.807, 2.05) is 39.8 Å². The van der Waals surface area contributed by atoms with Gasteiger partial charge in [-0.05, 0) is 25.5 Å². The van der Waals surface area contributed by atoms with E-state index in [1.54, 1.807) is 6.26 Å². The minimum atomic E-state index is -0.849. The smallest absolute Gasteiger partial charge is 0.0500 e. The van der Waals surface area contributed by atoms with Gasteiger partial charge >= 0.3 is 0 Å². The van der Waals surface area contributed by atoms with Crippen molar-refractivity contribution in [2.75, 3.05) is 6.26 Å². The topological polar surface area (TPSA) is 17.1 Å². The van der Waals surface area contributed by atoms with Crippen LogP contribution in [0.5, 0.6) is 0 Å². The van der Waals surface area contributed by atoms with Crippen LogP contribution in [0.2, 0.25) is 0 Å². The Kier molecular flexibility index (Phi) is 5.63. The third-order valence-electron chi connectivity index (χ3n) is 1.64. The van der Waals surface area contributed by atoms with Crippen molar-refractivity contribution in [2.45, 2.75) is 32.6 Å². The summed E-state index contributed by atoms with van der Waals surface area (Å²) in [5.74, 6) is 0. The third kappa shape index (κ3) is 3.73. The van der Waals surface area contributed by atoms with Crippen LogP contribution in [-0.4, -0.2) is 10.5 Å². The SMILES string of the molecule is CC.Cc1ccc(S(C)=O)c(C)c1. The molecule has 0 aromatic heterocycles. The first-order chi connectivity index (χ1) is 6.11. The quantitative estimate of drug-likeness (QED) is 0.678. The fraction of sp³-hybridized carbons (Fsp3) is 0.455. The molecule has 0 saturated carbocycles. The van der Waals surface area contributed by atoms with Crippen LogP contribution in [-0.2, 0) is 10.8 Å². The summed E-state index contributed by atoms with van der Waals surface area (Å²) in [6.45, 7) is 8.03. The minimum absolute atomic E-state index is 0.849. The van der Waals surface area contributed by atoms with Crippen LogP contribution in [0, 0.1) is 13.8 Å². The van der Waals surface area contributed by atoms with Gasteiger partial charge in [0.15, 0.2) is 0 Å². The van der Waals surface area contributed by atoms with Crippen molar-refractivity contribution < 1.29 is 4.21 Å². The van der Waals surface area contributed by atoms with Gasteiger partial charge in [-0.15, -0.1) is 0 Å². The second-order valence-electron chi connectivity index (χ2n) is 2.72. The molecule has 0 bridgehead atoms. The van der Waals surface area contributed by atoms with Crippen LogP contribution < -0.4 is 0 Å². The van der Waals surface area contributed by atoms with Gasteiger partial charge in [-0.25, -0.2) is 0 Å². The van der Waals surface area contributed by atoms with Gasteiger partial charge in [0, 0.05) is 11.2 Å². The molecule has 1 atom stereocenters. The van der Waals surface area contributed by atoms with Crippen LogP contribution in [0.1, 0.15) is 25.0 Å². The van der Waals surface area contributed by atoms with Gasteiger partial charge in [0.2, 0.25) is 0 Å². The highest BCUT2D eigenvalue weighted by Gasteiger charge is 2.00. The fourth-order valence-corrected chi connectivity index (χ4v) is 1.89. The van der Waals surface area contributed by atoms with E-state index in [0.717, 1.165) is 10.5 Å². The van der Waals surface area contributed by atoms with Crippen molar-refractivity contribution in [3.63, 3.8) is 0 Å². The average Bonchev–Trinajstić information content (AvgIpc) is 2.07. The second-order valence-corrected chi connectivity index (χ2v) is 4.07. The number of aryl methyl sites for hydroxylation is 2. The van der Waals surface area contributed by atoms with E-state index in [-0.39, 0.29) is 0 Å². The Morgan fingerprint density at radius 3 is 2.08 bits per heavy atom. The van der Waals surface area contributed by atoms with Crippen molar-refractivity contribution in [3.8, 4) is 0 Å². The molecular formula is C11H18OS. The van der Waals surface area contributed by atoms with Crippen molar-refractivity contribution >= 4 is 10.8 Å². The average molecular weight is 198 g/mol. The summed E-state index contributed by atoms with van der Waals surface area (Å²) < 4.78 is 11.1. The van der Waals surface area contributed by atoms with E-state index in [0.29, 0.717) is 0 Å². The Bertz CT molecular complexity index is 292. The maximum Gasteiger partial charge on any atom is 0.0500 e. The Morgan fingerprint density at radius 1 is 1.15 bits per heavy atom. The molecule has 74 valence electrons. The van der Waals surface area contributed by atoms with Gasteiger partial charge in [0.1, 0.15) is 0 Å². The lowest BCUT2D eigenvalue weighted by Gasteiger charge is -2.01. The van der Waals surface area contributed by atoms with Gasteiger partial charge in [0.25, 0.3) is 0 Å². The van der Waals surface area contributed by atoms with Crippen molar-refractivity contribution in [3.05, 3.63) is 29.3 Å². The zero-order chi connectivity index (χ0) is 10.4. The molecule has 1 unspecified atom stereocenters. The predicted octanol–water partition coefficient (Wildman–Crippen LogP) is 3.07. The van der Waals surface area contributed by atoms with E-state index < -0.39 is 10.8 Å². The molecule has 1 aromatic carbocycles. The zero-order valence-electron chi connectivity index (χ0n) is 9.05. The molecule has 0 spiro atoms. The number of hydrogen-bond donors (Lipinski definition) is 0. The lowest BCUT2D eigenvalue weighted by molar-refractivity contribution is 0.686. The summed E-state index contributed by atoms with van der Waals surface area (Å²) >= 11 is 0. The summed E-state index contributed by atoms with van der Waals surface area (Å²) in [4.78, 5) is 0.940. The van der Waals surface area contributed by atoms with Crippen LogP contribution >= 0.6 is 0 Å². The van der Waals surface area contributed by atoms with Crippen molar-refractivity contribution in [1.29, 1.82) is 0 Å². The molecular weight excluding hydrogens is 180 g/mol. The molecule has 0 fully saturated rings. The first-order valence-electron chi connectivity index (χ1n) is 4.52. The first-order valence-corrected chi connectivity index (χ1v) is 6.08. The summed E-state index contributed by atoms with van der Waals surface area (Å²) in [6.07, 6.45) is 1.71. The van der Waals surface area contributed by atoms with Crippen molar-refractivity contribution in [2.24, 2.45) is 0 Å². The molecule has 0 aliphatic carbocycles. The standard InChI is InChI=1S/C9H12OS.C2H6/c1-7-4-5-9(11(3)10)8(2)6-7;1-2/h4-6H,1-3H3;1-2H3. The fourth-order valence-electron chi connectivity index (χ4n) is 1.12. The van der Waals surface area contributed by atoms with E-state index in [1.165, 1.54) is 5.56 Å². The molecule has 0 aliphatic rings. The Labute approximate surface area is 83.6 Å². The number of benzene rings is 1. The number of hydrogen-bond acceptors (Lipinski definition) is 1. The zero-order valence-corrected chi connectivity index (χ0v) is 9.87. The monoisotopic (exact) mass is 198 g/mol. The maximum absolute atomic E-state index is 11.1. The van der Waals surface area contributed by atoms with Gasteiger partial charge in [0.05, 0.1) is 10.8 Å². The van der Waals surface area contributed by atoms with Crippen LogP contribution in [0.15, 0.2) is 23.1 Å². The molecule has 0 saturated heterocycles. The summed E-state index contributed by atoms with van der Waals surface area (Å²) in [6, 6.07) is 5.97. The van der Waals surface area contributed by atoms with E-state index in [9.17, 15) is 4.21 Å². The predicted molar refractivity (Wildman–Crippen MR) is 59.6 cm³/mol. The highest BCUT2D eigenvalue weighted by atomic mass is 32.2. The van der Waals surface area contributed by atoms with Crippen LogP contribution in [0.3, 0.4) is 0 Å². The van der Waals surface area contributed by atoms with Gasteiger partial charge < -0.3 is 0 Å². The molecule has 1 rings (SSSR count). The van der Waals surface area contributed by atoms with Gasteiger partial charge in [-0.3, -0.25) is 4.21 Å². The summed E-state index contributed by atoms with van der Waals surface area (Å²) in [7, 11) is -0.849.